The smallest absolute Gasteiger partial charge is 0.284 e. The number of aliphatic hydroxyl groups is 1. The molecule has 0 saturated carbocycles. The van der Waals surface area contributed by atoms with Crippen LogP contribution in [-0.2, 0) is 4.74 Å². The number of hydrogen-bond acceptors (Lipinski definition) is 3. The third kappa shape index (κ3) is 3.06. The number of rotatable bonds is 3. The second-order valence-corrected chi connectivity index (χ2v) is 4.80. The van der Waals surface area contributed by atoms with Crippen molar-refractivity contribution in [3.63, 3.8) is 0 Å². The molecular weight excluding hydrogens is 238 g/mol. The van der Waals surface area contributed by atoms with Crippen molar-refractivity contribution in [3.05, 3.63) is 58.5 Å². The van der Waals surface area contributed by atoms with E-state index in [4.69, 9.17) is 4.74 Å². The number of benzene rings is 1. The van der Waals surface area contributed by atoms with Gasteiger partial charge in [0.15, 0.2) is 0 Å². The molecule has 0 aromatic heterocycles. The highest BCUT2D eigenvalue weighted by Crippen LogP contribution is 2.14. The summed E-state index contributed by atoms with van der Waals surface area (Å²) in [6, 6.07) is 7.68. The summed E-state index contributed by atoms with van der Waals surface area (Å²) in [6.07, 6.45) is 6.32. The first-order valence-electron chi connectivity index (χ1n) is 6.22. The summed E-state index contributed by atoms with van der Waals surface area (Å²) >= 11 is 0. The quantitative estimate of drug-likeness (QED) is 0.882. The van der Waals surface area contributed by atoms with E-state index in [1.54, 1.807) is 0 Å². The van der Waals surface area contributed by atoms with Crippen molar-refractivity contribution in [1.29, 1.82) is 0 Å². The molecule has 0 spiro atoms. The Bertz CT molecular complexity index is 639. The van der Waals surface area contributed by atoms with Gasteiger partial charge in [-0.1, -0.05) is 30.4 Å². The van der Waals surface area contributed by atoms with E-state index in [0.29, 0.717) is 5.22 Å². The van der Waals surface area contributed by atoms with Crippen LogP contribution in [0.3, 0.4) is 0 Å². The van der Waals surface area contributed by atoms with E-state index in [0.717, 1.165) is 17.3 Å². The van der Waals surface area contributed by atoms with Gasteiger partial charge in [0.2, 0.25) is 0 Å². The minimum Gasteiger partial charge on any atom is -0.481 e. The molecule has 0 saturated heterocycles. The molecule has 1 N–H and O–H groups in total. The van der Waals surface area contributed by atoms with Gasteiger partial charge in [0, 0.05) is 6.54 Å². The second-order valence-electron chi connectivity index (χ2n) is 4.80. The number of methoxy groups -OCH3 is 1. The lowest BCUT2D eigenvalue weighted by atomic mass is 10.1. The fraction of sp³-hybridized carbons (Fsp3) is 0.250. The summed E-state index contributed by atoms with van der Waals surface area (Å²) in [4.78, 5) is 2.13. The fourth-order valence-electron chi connectivity index (χ4n) is 2.16. The van der Waals surface area contributed by atoms with Crippen LogP contribution in [0.5, 0.6) is 0 Å². The summed E-state index contributed by atoms with van der Waals surface area (Å²) in [7, 11) is 5.56. The van der Waals surface area contributed by atoms with E-state index in [9.17, 15) is 5.11 Å². The highest BCUT2D eigenvalue weighted by atomic mass is 16.6. The lowest BCUT2D eigenvalue weighted by Gasteiger charge is -2.07. The summed E-state index contributed by atoms with van der Waals surface area (Å²) in [5, 5.41) is 11.5. The van der Waals surface area contributed by atoms with Crippen LogP contribution in [0.25, 0.3) is 11.5 Å². The van der Waals surface area contributed by atoms with Gasteiger partial charge in [0.1, 0.15) is 0 Å². The molecule has 3 heteroatoms. The molecule has 0 amide bonds. The Morgan fingerprint density at radius 2 is 1.95 bits per heavy atom. The highest BCUT2D eigenvalue weighted by Gasteiger charge is 2.05. The molecule has 1 aliphatic rings. The SMILES string of the molecule is CO/C(O)=c1\cccc\c1=C1/C=CC(CN(C)C)=C1. The largest absolute Gasteiger partial charge is 0.481 e. The van der Waals surface area contributed by atoms with Crippen molar-refractivity contribution >= 4 is 11.5 Å². The Morgan fingerprint density at radius 1 is 1.21 bits per heavy atom. The standard InChI is InChI=1S/C16H19NO2/c1-17(2)11-12-8-9-13(10-12)14-6-4-5-7-15(14)16(18)19-3/h4-10,18H,11H2,1-3H3/b14-13-,16-15+. The Kier molecular flexibility index (Phi) is 4.07. The fourth-order valence-corrected chi connectivity index (χ4v) is 2.16. The first-order chi connectivity index (χ1) is 9.11. The Labute approximate surface area is 113 Å². The lowest BCUT2D eigenvalue weighted by molar-refractivity contribution is 0.231. The van der Waals surface area contributed by atoms with Gasteiger partial charge in [-0.15, -0.1) is 0 Å². The van der Waals surface area contributed by atoms with Gasteiger partial charge >= 0.3 is 0 Å². The number of allylic oxidation sites excluding steroid dienone is 2. The zero-order valence-electron chi connectivity index (χ0n) is 11.6. The predicted molar refractivity (Wildman–Crippen MR) is 77.9 cm³/mol. The van der Waals surface area contributed by atoms with Gasteiger partial charge in [-0.25, -0.2) is 0 Å². The topological polar surface area (TPSA) is 32.7 Å². The van der Waals surface area contributed by atoms with Crippen LogP contribution in [-0.4, -0.2) is 37.8 Å². The van der Waals surface area contributed by atoms with Gasteiger partial charge in [0.25, 0.3) is 5.95 Å². The number of hydrogen-bond donors (Lipinski definition) is 1. The Morgan fingerprint density at radius 3 is 2.63 bits per heavy atom. The lowest BCUT2D eigenvalue weighted by Crippen LogP contribution is -2.28. The van der Waals surface area contributed by atoms with Crippen molar-refractivity contribution in [2.24, 2.45) is 0 Å². The summed E-state index contributed by atoms with van der Waals surface area (Å²) in [5.74, 6) is -0.0500. The van der Waals surface area contributed by atoms with Gasteiger partial charge in [-0.3, -0.25) is 0 Å². The summed E-state index contributed by atoms with van der Waals surface area (Å²) in [5.41, 5.74) is 2.35. The molecule has 0 bridgehead atoms. The van der Waals surface area contributed by atoms with Crippen molar-refractivity contribution in [3.8, 4) is 0 Å². The van der Waals surface area contributed by atoms with Gasteiger partial charge in [-0.05, 0) is 42.6 Å². The molecule has 1 aromatic rings. The molecule has 3 nitrogen and oxygen atoms in total. The molecule has 100 valence electrons. The van der Waals surface area contributed by atoms with Gasteiger partial charge in [0.05, 0.1) is 12.3 Å². The second kappa shape index (κ2) is 5.76. The highest BCUT2D eigenvalue weighted by molar-refractivity contribution is 5.74. The zero-order valence-corrected chi connectivity index (χ0v) is 11.6. The van der Waals surface area contributed by atoms with E-state index < -0.39 is 0 Å². The molecule has 0 aliphatic heterocycles. The number of nitrogens with zero attached hydrogens (tertiary/aromatic N) is 1. The third-order valence-corrected chi connectivity index (χ3v) is 2.98. The van der Waals surface area contributed by atoms with E-state index >= 15 is 0 Å². The van der Waals surface area contributed by atoms with E-state index in [2.05, 4.69) is 23.1 Å². The van der Waals surface area contributed by atoms with Crippen LogP contribution in [0.4, 0.5) is 0 Å². The molecule has 1 aromatic carbocycles. The van der Waals surface area contributed by atoms with Crippen LogP contribution >= 0.6 is 0 Å². The van der Waals surface area contributed by atoms with Crippen molar-refractivity contribution in [2.45, 2.75) is 0 Å². The van der Waals surface area contributed by atoms with E-state index in [1.807, 2.05) is 38.4 Å². The molecule has 0 fully saturated rings. The van der Waals surface area contributed by atoms with Gasteiger partial charge < -0.3 is 14.7 Å². The minimum absolute atomic E-state index is 0.0500. The average Bonchev–Trinajstić information content (AvgIpc) is 2.85. The molecule has 0 heterocycles. The first-order valence-corrected chi connectivity index (χ1v) is 6.22. The number of ether oxygens (including phenoxy) is 1. The zero-order chi connectivity index (χ0) is 13.8. The Balaban J connectivity index is 2.58. The van der Waals surface area contributed by atoms with Crippen LogP contribution in [0.1, 0.15) is 0 Å². The van der Waals surface area contributed by atoms with Gasteiger partial charge in [-0.2, -0.15) is 0 Å². The van der Waals surface area contributed by atoms with E-state index in [1.165, 1.54) is 12.7 Å². The van der Waals surface area contributed by atoms with Crippen molar-refractivity contribution < 1.29 is 9.84 Å². The van der Waals surface area contributed by atoms with Crippen LogP contribution in [0, 0.1) is 0 Å². The van der Waals surface area contributed by atoms with Crippen molar-refractivity contribution in [2.75, 3.05) is 27.7 Å². The monoisotopic (exact) mass is 257 g/mol. The molecular formula is C16H19NO2. The third-order valence-electron chi connectivity index (χ3n) is 2.98. The molecule has 0 radical (unpaired) electrons. The number of likely N-dealkylation sites (N-methyl/N-ethyl adjacent to an activating group) is 1. The van der Waals surface area contributed by atoms with Crippen LogP contribution in [0.15, 0.2) is 48.1 Å². The average molecular weight is 257 g/mol. The molecule has 0 unspecified atom stereocenters. The Hall–Kier alpha value is -2.00. The summed E-state index contributed by atoms with van der Waals surface area (Å²) < 4.78 is 4.93. The minimum atomic E-state index is -0.0500. The van der Waals surface area contributed by atoms with E-state index in [-0.39, 0.29) is 5.95 Å². The number of aliphatic hydroxyl groups excluding tert-OH is 1. The molecule has 1 aliphatic carbocycles. The molecule has 2 rings (SSSR count). The van der Waals surface area contributed by atoms with Crippen molar-refractivity contribution in [1.82, 2.24) is 4.90 Å². The van der Waals surface area contributed by atoms with Crippen LogP contribution < -0.4 is 10.4 Å². The maximum absolute atomic E-state index is 9.81. The summed E-state index contributed by atoms with van der Waals surface area (Å²) in [6.45, 7) is 0.905. The predicted octanol–water partition coefficient (Wildman–Crippen LogP) is 1.17. The normalized spacial score (nSPS) is 18.6. The maximum Gasteiger partial charge on any atom is 0.284 e. The molecule has 0 atom stereocenters. The maximum atomic E-state index is 9.81. The molecule has 19 heavy (non-hydrogen) atoms. The van der Waals surface area contributed by atoms with Crippen LogP contribution in [0.2, 0.25) is 0 Å². The first kappa shape index (κ1) is 13.4.